The molecule has 2 rings (SSSR count). The summed E-state index contributed by atoms with van der Waals surface area (Å²) in [6, 6.07) is 0.127. The Kier molecular flexibility index (Phi) is 3.55. The van der Waals surface area contributed by atoms with Crippen molar-refractivity contribution in [3.05, 3.63) is 0 Å². The van der Waals surface area contributed by atoms with Gasteiger partial charge in [-0.15, -0.1) is 0 Å². The molecule has 4 N–H and O–H groups in total. The Morgan fingerprint density at radius 2 is 1.88 bits per heavy atom. The number of piperidine rings is 1. The van der Waals surface area contributed by atoms with Gasteiger partial charge in [0.25, 0.3) is 10.2 Å². The van der Waals surface area contributed by atoms with Gasteiger partial charge in [-0.05, 0) is 25.7 Å². The van der Waals surface area contributed by atoms with Crippen molar-refractivity contribution in [3.63, 3.8) is 0 Å². The van der Waals surface area contributed by atoms with Gasteiger partial charge in [0.1, 0.15) is 5.84 Å². The van der Waals surface area contributed by atoms with E-state index < -0.39 is 10.2 Å². The van der Waals surface area contributed by atoms with E-state index in [4.69, 9.17) is 10.9 Å². The van der Waals surface area contributed by atoms with Crippen molar-refractivity contribution in [1.82, 2.24) is 9.03 Å². The highest BCUT2D eigenvalue weighted by Crippen LogP contribution is 2.23. The van der Waals surface area contributed by atoms with Crippen molar-refractivity contribution in [3.8, 4) is 0 Å². The normalized spacial score (nSPS) is 25.1. The van der Waals surface area contributed by atoms with E-state index in [0.717, 1.165) is 12.8 Å². The Morgan fingerprint density at radius 1 is 1.29 bits per heavy atom. The summed E-state index contributed by atoms with van der Waals surface area (Å²) < 4.78 is 27.9. The molecule has 0 aromatic carbocycles. The fourth-order valence-electron chi connectivity index (χ4n) is 1.96. The quantitative estimate of drug-likeness (QED) is 0.273. The number of nitrogens with one attached hydrogen (secondary N) is 1. The molecule has 7 nitrogen and oxygen atoms in total. The molecule has 0 aromatic heterocycles. The zero-order chi connectivity index (χ0) is 12.5. The van der Waals surface area contributed by atoms with Gasteiger partial charge < -0.3 is 10.9 Å². The average molecular weight is 262 g/mol. The number of nitrogens with zero attached hydrogens (tertiary/aromatic N) is 2. The van der Waals surface area contributed by atoms with E-state index >= 15 is 0 Å². The van der Waals surface area contributed by atoms with Crippen LogP contribution < -0.4 is 10.5 Å². The minimum absolute atomic E-state index is 0.0209. The number of hydrogen-bond acceptors (Lipinski definition) is 4. The van der Waals surface area contributed by atoms with Crippen LogP contribution in [0.15, 0.2) is 5.16 Å². The molecule has 2 fully saturated rings. The van der Waals surface area contributed by atoms with E-state index in [0.29, 0.717) is 25.9 Å². The Labute approximate surface area is 101 Å². The third-order valence-electron chi connectivity index (χ3n) is 3.22. The van der Waals surface area contributed by atoms with Crippen LogP contribution in [0.4, 0.5) is 0 Å². The molecule has 1 aliphatic heterocycles. The van der Waals surface area contributed by atoms with Gasteiger partial charge in [0, 0.05) is 25.0 Å². The van der Waals surface area contributed by atoms with E-state index in [2.05, 4.69) is 9.88 Å². The summed E-state index contributed by atoms with van der Waals surface area (Å²) in [4.78, 5) is 0. The van der Waals surface area contributed by atoms with Crippen LogP contribution in [-0.4, -0.2) is 42.9 Å². The lowest BCUT2D eigenvalue weighted by Gasteiger charge is -2.30. The fourth-order valence-corrected chi connectivity index (χ4v) is 3.46. The number of hydrogen-bond donors (Lipinski definition) is 3. The summed E-state index contributed by atoms with van der Waals surface area (Å²) >= 11 is 0. The van der Waals surface area contributed by atoms with Gasteiger partial charge in [-0.2, -0.15) is 17.4 Å². The third-order valence-corrected chi connectivity index (χ3v) is 4.90. The van der Waals surface area contributed by atoms with Gasteiger partial charge >= 0.3 is 0 Å². The molecule has 1 saturated heterocycles. The maximum atomic E-state index is 11.9. The molecular formula is C9H18N4O3S. The lowest BCUT2D eigenvalue weighted by molar-refractivity contribution is 0.289. The number of nitrogens with two attached hydrogens (primary N) is 1. The van der Waals surface area contributed by atoms with E-state index in [1.165, 1.54) is 4.31 Å². The maximum absolute atomic E-state index is 11.9. The zero-order valence-corrected chi connectivity index (χ0v) is 10.4. The predicted molar refractivity (Wildman–Crippen MR) is 62.8 cm³/mol. The highest BCUT2D eigenvalue weighted by molar-refractivity contribution is 7.87. The Balaban J connectivity index is 1.89. The second-order valence-electron chi connectivity index (χ2n) is 4.60. The molecule has 0 bridgehead atoms. The minimum Gasteiger partial charge on any atom is -0.409 e. The average Bonchev–Trinajstić information content (AvgIpc) is 3.11. The molecule has 0 aromatic rings. The monoisotopic (exact) mass is 262 g/mol. The summed E-state index contributed by atoms with van der Waals surface area (Å²) in [5.74, 6) is 0.171. The molecule has 1 saturated carbocycles. The predicted octanol–water partition coefficient (Wildman–Crippen LogP) is -0.558. The van der Waals surface area contributed by atoms with E-state index in [1.807, 2.05) is 0 Å². The Bertz CT molecular complexity index is 396. The Morgan fingerprint density at radius 3 is 2.35 bits per heavy atom. The van der Waals surface area contributed by atoms with Crippen LogP contribution in [-0.2, 0) is 10.2 Å². The van der Waals surface area contributed by atoms with Crippen LogP contribution in [0.2, 0.25) is 0 Å². The molecule has 0 spiro atoms. The summed E-state index contributed by atoms with van der Waals surface area (Å²) in [7, 11) is -3.34. The van der Waals surface area contributed by atoms with Gasteiger partial charge in [-0.3, -0.25) is 0 Å². The van der Waals surface area contributed by atoms with Crippen molar-refractivity contribution in [2.24, 2.45) is 16.8 Å². The SMILES string of the molecule is NC(=NO)C1CCN(S(=O)(=O)NC2CC2)CC1. The van der Waals surface area contributed by atoms with Gasteiger partial charge in [0.05, 0.1) is 0 Å². The highest BCUT2D eigenvalue weighted by Gasteiger charge is 2.33. The third kappa shape index (κ3) is 3.08. The van der Waals surface area contributed by atoms with Crippen LogP contribution in [0.25, 0.3) is 0 Å². The lowest BCUT2D eigenvalue weighted by Crippen LogP contribution is -2.47. The van der Waals surface area contributed by atoms with E-state index in [1.54, 1.807) is 0 Å². The number of rotatable bonds is 4. The standard InChI is InChI=1S/C9H18N4O3S/c10-9(11-14)7-3-5-13(6-4-7)17(15,16)12-8-1-2-8/h7-8,12,14H,1-6H2,(H2,10,11). The first kappa shape index (κ1) is 12.6. The smallest absolute Gasteiger partial charge is 0.279 e. The van der Waals surface area contributed by atoms with Crippen LogP contribution in [0, 0.1) is 5.92 Å². The van der Waals surface area contributed by atoms with Crippen LogP contribution in [0.5, 0.6) is 0 Å². The summed E-state index contributed by atoms with van der Waals surface area (Å²) in [6.07, 6.45) is 3.06. The molecular weight excluding hydrogens is 244 g/mol. The van der Waals surface area contributed by atoms with Crippen molar-refractivity contribution < 1.29 is 13.6 Å². The first-order chi connectivity index (χ1) is 8.03. The minimum atomic E-state index is -3.34. The van der Waals surface area contributed by atoms with Gasteiger partial charge in [-0.1, -0.05) is 5.16 Å². The second-order valence-corrected chi connectivity index (χ2v) is 6.30. The summed E-state index contributed by atoms with van der Waals surface area (Å²) in [5.41, 5.74) is 5.51. The molecule has 0 radical (unpaired) electrons. The molecule has 0 amide bonds. The lowest BCUT2D eigenvalue weighted by atomic mass is 9.97. The maximum Gasteiger partial charge on any atom is 0.279 e. The molecule has 0 atom stereocenters. The van der Waals surface area contributed by atoms with Crippen LogP contribution in [0.1, 0.15) is 25.7 Å². The van der Waals surface area contributed by atoms with Gasteiger partial charge in [-0.25, -0.2) is 0 Å². The number of oxime groups is 1. The van der Waals surface area contributed by atoms with Crippen molar-refractivity contribution in [2.45, 2.75) is 31.7 Å². The van der Waals surface area contributed by atoms with Gasteiger partial charge in [0.2, 0.25) is 0 Å². The molecule has 17 heavy (non-hydrogen) atoms. The first-order valence-corrected chi connectivity index (χ1v) is 7.22. The molecule has 98 valence electrons. The van der Waals surface area contributed by atoms with Crippen molar-refractivity contribution >= 4 is 16.0 Å². The zero-order valence-electron chi connectivity index (χ0n) is 9.54. The van der Waals surface area contributed by atoms with E-state index in [9.17, 15) is 8.42 Å². The summed E-state index contributed by atoms with van der Waals surface area (Å²) in [6.45, 7) is 0.839. The van der Waals surface area contributed by atoms with Crippen molar-refractivity contribution in [1.29, 1.82) is 0 Å². The topological polar surface area (TPSA) is 108 Å². The van der Waals surface area contributed by atoms with Crippen LogP contribution in [0.3, 0.4) is 0 Å². The van der Waals surface area contributed by atoms with Gasteiger partial charge in [0.15, 0.2) is 0 Å². The highest BCUT2D eigenvalue weighted by atomic mass is 32.2. The molecule has 1 aliphatic carbocycles. The molecule has 0 unspecified atom stereocenters. The molecule has 1 heterocycles. The first-order valence-electron chi connectivity index (χ1n) is 5.78. The Hall–Kier alpha value is -0.860. The largest absolute Gasteiger partial charge is 0.409 e. The second kappa shape index (κ2) is 4.79. The van der Waals surface area contributed by atoms with E-state index in [-0.39, 0.29) is 17.8 Å². The van der Waals surface area contributed by atoms with Crippen LogP contribution >= 0.6 is 0 Å². The fraction of sp³-hybridized carbons (Fsp3) is 0.889. The molecule has 2 aliphatic rings. The molecule has 8 heteroatoms. The van der Waals surface area contributed by atoms with Crippen molar-refractivity contribution in [2.75, 3.05) is 13.1 Å². The number of amidine groups is 1. The summed E-state index contributed by atoms with van der Waals surface area (Å²) in [5, 5.41) is 11.5.